The van der Waals surface area contributed by atoms with Crippen molar-refractivity contribution in [1.29, 1.82) is 0 Å². The summed E-state index contributed by atoms with van der Waals surface area (Å²) in [4.78, 5) is 0. The zero-order valence-electron chi connectivity index (χ0n) is 11.5. The van der Waals surface area contributed by atoms with E-state index in [0.717, 1.165) is 28.4 Å². The first kappa shape index (κ1) is 13.5. The van der Waals surface area contributed by atoms with Gasteiger partial charge in [-0.15, -0.1) is 0 Å². The molecular weight excluding hydrogens is 314 g/mol. The maximum Gasteiger partial charge on any atom is 0.135 e. The number of halogens is 1. The van der Waals surface area contributed by atoms with E-state index >= 15 is 0 Å². The van der Waals surface area contributed by atoms with Crippen molar-refractivity contribution >= 4 is 21.6 Å². The van der Waals surface area contributed by atoms with Crippen molar-refractivity contribution in [2.24, 2.45) is 0 Å². The molecule has 0 amide bonds. The number of anilines is 1. The van der Waals surface area contributed by atoms with Crippen LogP contribution in [0.5, 0.6) is 5.75 Å². The van der Waals surface area contributed by atoms with Gasteiger partial charge in [0.1, 0.15) is 5.75 Å². The normalized spacial score (nSPS) is 14.1. The van der Waals surface area contributed by atoms with Crippen LogP contribution in [0, 0.1) is 0 Å². The van der Waals surface area contributed by atoms with Gasteiger partial charge in [0.05, 0.1) is 11.6 Å². The molecule has 1 N–H and O–H groups in total. The molecule has 1 saturated carbocycles. The van der Waals surface area contributed by atoms with Crippen molar-refractivity contribution in [1.82, 2.24) is 0 Å². The second kappa shape index (κ2) is 5.88. The quantitative estimate of drug-likeness (QED) is 0.837. The highest BCUT2D eigenvalue weighted by atomic mass is 79.9. The number of rotatable bonds is 5. The SMILES string of the molecule is COc1cc(NCc2ccc(C3CC3)cc2)ccc1Br. The summed E-state index contributed by atoms with van der Waals surface area (Å²) in [6, 6.07) is 15.0. The van der Waals surface area contributed by atoms with Gasteiger partial charge in [0.25, 0.3) is 0 Å². The average Bonchev–Trinajstić information content (AvgIpc) is 3.32. The summed E-state index contributed by atoms with van der Waals surface area (Å²) in [5.74, 6) is 1.67. The molecule has 1 aliphatic rings. The summed E-state index contributed by atoms with van der Waals surface area (Å²) in [6.07, 6.45) is 2.71. The lowest BCUT2D eigenvalue weighted by atomic mass is 10.1. The highest BCUT2D eigenvalue weighted by Crippen LogP contribution is 2.39. The Hall–Kier alpha value is -1.48. The van der Waals surface area contributed by atoms with Crippen LogP contribution in [0.3, 0.4) is 0 Å². The van der Waals surface area contributed by atoms with Crippen LogP contribution >= 0.6 is 15.9 Å². The Labute approximate surface area is 128 Å². The molecule has 2 aromatic rings. The summed E-state index contributed by atoms with van der Waals surface area (Å²) in [6.45, 7) is 0.829. The molecule has 2 aromatic carbocycles. The third-order valence-electron chi connectivity index (χ3n) is 3.68. The fraction of sp³-hybridized carbons (Fsp3) is 0.294. The Morgan fingerprint density at radius 1 is 1.15 bits per heavy atom. The van der Waals surface area contributed by atoms with Crippen LogP contribution in [0.2, 0.25) is 0 Å². The number of nitrogens with one attached hydrogen (secondary N) is 1. The van der Waals surface area contributed by atoms with Crippen molar-refractivity contribution in [3.63, 3.8) is 0 Å². The highest BCUT2D eigenvalue weighted by molar-refractivity contribution is 9.10. The molecule has 104 valence electrons. The van der Waals surface area contributed by atoms with Crippen molar-refractivity contribution in [3.05, 3.63) is 58.1 Å². The molecule has 20 heavy (non-hydrogen) atoms. The standard InChI is InChI=1S/C17H18BrNO/c1-20-17-10-15(8-9-16(17)18)19-11-12-2-4-13(5-3-12)14-6-7-14/h2-5,8-10,14,19H,6-7,11H2,1H3. The molecule has 0 atom stereocenters. The van der Waals surface area contributed by atoms with Crippen molar-refractivity contribution in [2.75, 3.05) is 12.4 Å². The molecule has 0 spiro atoms. The Morgan fingerprint density at radius 3 is 2.55 bits per heavy atom. The molecule has 3 rings (SSSR count). The van der Waals surface area contributed by atoms with Crippen LogP contribution in [-0.2, 0) is 6.54 Å². The monoisotopic (exact) mass is 331 g/mol. The lowest BCUT2D eigenvalue weighted by molar-refractivity contribution is 0.412. The van der Waals surface area contributed by atoms with Gasteiger partial charge in [0.2, 0.25) is 0 Å². The first-order valence-electron chi connectivity index (χ1n) is 6.92. The third-order valence-corrected chi connectivity index (χ3v) is 4.33. The molecule has 0 bridgehead atoms. The van der Waals surface area contributed by atoms with Crippen molar-refractivity contribution in [3.8, 4) is 5.75 Å². The third kappa shape index (κ3) is 3.15. The molecule has 3 heteroatoms. The molecule has 2 nitrogen and oxygen atoms in total. The van der Waals surface area contributed by atoms with Crippen LogP contribution in [0.25, 0.3) is 0 Å². The lowest BCUT2D eigenvalue weighted by Crippen LogP contribution is -2.00. The number of methoxy groups -OCH3 is 1. The van der Waals surface area contributed by atoms with Gasteiger partial charge in [0, 0.05) is 18.3 Å². The fourth-order valence-corrected chi connectivity index (χ4v) is 2.71. The van der Waals surface area contributed by atoms with Gasteiger partial charge in [-0.2, -0.15) is 0 Å². The van der Waals surface area contributed by atoms with Crippen molar-refractivity contribution in [2.45, 2.75) is 25.3 Å². The summed E-state index contributed by atoms with van der Waals surface area (Å²) < 4.78 is 6.27. The molecule has 0 radical (unpaired) electrons. The van der Waals surface area contributed by atoms with Gasteiger partial charge in [-0.1, -0.05) is 24.3 Å². The number of ether oxygens (including phenoxy) is 1. The fourth-order valence-electron chi connectivity index (χ4n) is 2.30. The smallest absolute Gasteiger partial charge is 0.135 e. The molecule has 0 heterocycles. The Kier molecular flexibility index (Phi) is 3.97. The van der Waals surface area contributed by atoms with E-state index in [0.29, 0.717) is 0 Å². The number of hydrogen-bond acceptors (Lipinski definition) is 2. The zero-order valence-corrected chi connectivity index (χ0v) is 13.1. The first-order valence-corrected chi connectivity index (χ1v) is 7.72. The molecule has 0 aliphatic heterocycles. The van der Waals surface area contributed by atoms with Crippen LogP contribution in [0.15, 0.2) is 46.9 Å². The van der Waals surface area contributed by atoms with Crippen LogP contribution < -0.4 is 10.1 Å². The van der Waals surface area contributed by atoms with Crippen LogP contribution in [0.1, 0.15) is 29.9 Å². The predicted molar refractivity (Wildman–Crippen MR) is 86.4 cm³/mol. The van der Waals surface area contributed by atoms with Gasteiger partial charge in [0.15, 0.2) is 0 Å². The first-order chi connectivity index (χ1) is 9.76. The molecule has 0 saturated heterocycles. The summed E-state index contributed by atoms with van der Waals surface area (Å²) in [5.41, 5.74) is 3.85. The molecule has 1 fully saturated rings. The summed E-state index contributed by atoms with van der Waals surface area (Å²) >= 11 is 3.46. The van der Waals surface area contributed by atoms with Gasteiger partial charge in [-0.3, -0.25) is 0 Å². The topological polar surface area (TPSA) is 21.3 Å². The van der Waals surface area contributed by atoms with Crippen LogP contribution in [0.4, 0.5) is 5.69 Å². The van der Waals surface area contributed by atoms with E-state index in [9.17, 15) is 0 Å². The maximum absolute atomic E-state index is 5.30. The number of benzene rings is 2. The predicted octanol–water partition coefficient (Wildman–Crippen LogP) is 4.95. The maximum atomic E-state index is 5.30. The van der Waals surface area contributed by atoms with Crippen molar-refractivity contribution < 1.29 is 4.74 Å². The summed E-state index contributed by atoms with van der Waals surface area (Å²) in [7, 11) is 1.68. The van der Waals surface area contributed by atoms with Crippen LogP contribution in [-0.4, -0.2) is 7.11 Å². The Bertz CT molecular complexity index is 590. The molecule has 0 aromatic heterocycles. The average molecular weight is 332 g/mol. The Morgan fingerprint density at radius 2 is 1.90 bits per heavy atom. The van der Waals surface area contributed by atoms with E-state index in [-0.39, 0.29) is 0 Å². The largest absolute Gasteiger partial charge is 0.495 e. The minimum atomic E-state index is 0.827. The summed E-state index contributed by atoms with van der Waals surface area (Å²) in [5, 5.41) is 3.43. The van der Waals surface area contributed by atoms with E-state index < -0.39 is 0 Å². The van der Waals surface area contributed by atoms with Gasteiger partial charge in [-0.05, 0) is 57.9 Å². The second-order valence-corrected chi connectivity index (χ2v) is 6.07. The lowest BCUT2D eigenvalue weighted by Gasteiger charge is -2.10. The van der Waals surface area contributed by atoms with E-state index in [2.05, 4.69) is 45.5 Å². The number of hydrogen-bond donors (Lipinski definition) is 1. The second-order valence-electron chi connectivity index (χ2n) is 5.22. The molecular formula is C17H18BrNO. The van der Waals surface area contributed by atoms with E-state index in [1.54, 1.807) is 7.11 Å². The van der Waals surface area contributed by atoms with E-state index in [1.807, 2.05) is 18.2 Å². The van der Waals surface area contributed by atoms with Gasteiger partial charge >= 0.3 is 0 Å². The molecule has 0 unspecified atom stereocenters. The minimum absolute atomic E-state index is 0.827. The highest BCUT2D eigenvalue weighted by Gasteiger charge is 2.22. The van der Waals surface area contributed by atoms with Gasteiger partial charge < -0.3 is 10.1 Å². The Balaban J connectivity index is 1.63. The molecule has 1 aliphatic carbocycles. The zero-order chi connectivity index (χ0) is 13.9. The van der Waals surface area contributed by atoms with E-state index in [4.69, 9.17) is 4.74 Å². The van der Waals surface area contributed by atoms with Gasteiger partial charge in [-0.25, -0.2) is 0 Å². The van der Waals surface area contributed by atoms with E-state index in [1.165, 1.54) is 24.0 Å². The minimum Gasteiger partial charge on any atom is -0.495 e.